The molecular weight excluding hydrogens is 296 g/mol. The Morgan fingerprint density at radius 1 is 1.25 bits per heavy atom. The van der Waals surface area contributed by atoms with Crippen molar-refractivity contribution in [2.45, 2.75) is 38.0 Å². The Kier molecular flexibility index (Phi) is 4.33. The van der Waals surface area contributed by atoms with Crippen LogP contribution in [0.15, 0.2) is 23.1 Å². The number of nitrogens with zero attached hydrogens (tertiary/aromatic N) is 1. The van der Waals surface area contributed by atoms with Gasteiger partial charge in [-0.1, -0.05) is 25.4 Å². The normalized spacial score (nSPS) is 20.6. The molecule has 0 amide bonds. The third-order valence-corrected chi connectivity index (χ3v) is 6.10. The van der Waals surface area contributed by atoms with E-state index in [-0.39, 0.29) is 16.0 Å². The fraction of sp³-hybridized carbons (Fsp3) is 0.571. The van der Waals surface area contributed by atoms with Crippen molar-refractivity contribution >= 4 is 27.3 Å². The van der Waals surface area contributed by atoms with E-state index in [0.717, 1.165) is 19.3 Å². The molecule has 1 aromatic rings. The number of hydrogen-bond donors (Lipinski definition) is 1. The molecule has 0 saturated carbocycles. The second-order valence-corrected chi connectivity index (χ2v) is 8.45. The molecule has 0 aromatic heterocycles. The molecule has 20 heavy (non-hydrogen) atoms. The number of sulfonamides is 1. The number of nitrogens with two attached hydrogens (primary N) is 1. The zero-order chi connectivity index (χ0) is 15.0. The Balaban J connectivity index is 2.30. The fourth-order valence-corrected chi connectivity index (χ4v) is 4.29. The smallest absolute Gasteiger partial charge is 0.245 e. The van der Waals surface area contributed by atoms with Crippen LogP contribution in [0, 0.1) is 5.41 Å². The van der Waals surface area contributed by atoms with Crippen molar-refractivity contribution < 1.29 is 8.42 Å². The second-order valence-electron chi connectivity index (χ2n) is 6.10. The molecule has 1 fully saturated rings. The summed E-state index contributed by atoms with van der Waals surface area (Å²) in [5.41, 5.74) is 6.22. The van der Waals surface area contributed by atoms with E-state index in [0.29, 0.717) is 18.1 Å². The van der Waals surface area contributed by atoms with Crippen LogP contribution in [0.1, 0.15) is 33.1 Å². The summed E-state index contributed by atoms with van der Waals surface area (Å²) in [6.07, 6.45) is 2.77. The van der Waals surface area contributed by atoms with E-state index in [1.807, 2.05) is 0 Å². The summed E-state index contributed by atoms with van der Waals surface area (Å²) >= 11 is 5.83. The van der Waals surface area contributed by atoms with Crippen LogP contribution < -0.4 is 5.73 Å². The summed E-state index contributed by atoms with van der Waals surface area (Å²) < 4.78 is 26.9. The van der Waals surface area contributed by atoms with Crippen LogP contribution in [0.2, 0.25) is 5.02 Å². The maximum absolute atomic E-state index is 12.7. The largest absolute Gasteiger partial charge is 0.398 e. The van der Waals surface area contributed by atoms with E-state index >= 15 is 0 Å². The van der Waals surface area contributed by atoms with E-state index in [1.54, 1.807) is 10.4 Å². The molecule has 0 aliphatic carbocycles. The Morgan fingerprint density at radius 2 is 1.95 bits per heavy atom. The highest BCUT2D eigenvalue weighted by Crippen LogP contribution is 2.33. The van der Waals surface area contributed by atoms with Crippen molar-refractivity contribution in [3.63, 3.8) is 0 Å². The minimum absolute atomic E-state index is 0.154. The minimum Gasteiger partial charge on any atom is -0.398 e. The van der Waals surface area contributed by atoms with Crippen molar-refractivity contribution in [1.82, 2.24) is 4.31 Å². The quantitative estimate of drug-likeness (QED) is 0.853. The van der Waals surface area contributed by atoms with Crippen LogP contribution in [-0.2, 0) is 10.0 Å². The Bertz CT molecular complexity index is 599. The highest BCUT2D eigenvalue weighted by atomic mass is 35.5. The zero-order valence-corrected chi connectivity index (χ0v) is 13.5. The molecule has 0 atom stereocenters. The minimum atomic E-state index is -3.53. The van der Waals surface area contributed by atoms with E-state index in [4.69, 9.17) is 17.3 Å². The number of rotatable bonds is 2. The van der Waals surface area contributed by atoms with Crippen LogP contribution in [-0.4, -0.2) is 25.8 Å². The van der Waals surface area contributed by atoms with Crippen molar-refractivity contribution in [3.05, 3.63) is 23.2 Å². The van der Waals surface area contributed by atoms with Gasteiger partial charge in [-0.05, 0) is 42.9 Å². The van der Waals surface area contributed by atoms with Crippen LogP contribution in [0.5, 0.6) is 0 Å². The highest BCUT2D eigenvalue weighted by molar-refractivity contribution is 7.89. The summed E-state index contributed by atoms with van der Waals surface area (Å²) in [6.45, 7) is 5.45. The first kappa shape index (κ1) is 15.6. The summed E-state index contributed by atoms with van der Waals surface area (Å²) in [5.74, 6) is 0. The van der Waals surface area contributed by atoms with Gasteiger partial charge in [-0.2, -0.15) is 4.31 Å². The summed E-state index contributed by atoms with van der Waals surface area (Å²) in [4.78, 5) is 0.154. The summed E-state index contributed by atoms with van der Waals surface area (Å²) in [7, 11) is -3.53. The van der Waals surface area contributed by atoms with E-state index < -0.39 is 10.0 Å². The lowest BCUT2D eigenvalue weighted by Gasteiger charge is -2.23. The average molecular weight is 317 g/mol. The SMILES string of the molecule is CC1(C)CCCN(S(=O)(=O)c2ccc(Cl)cc2N)CC1. The topological polar surface area (TPSA) is 63.4 Å². The van der Waals surface area contributed by atoms with Gasteiger partial charge in [0.1, 0.15) is 4.90 Å². The molecule has 0 spiro atoms. The van der Waals surface area contributed by atoms with Gasteiger partial charge >= 0.3 is 0 Å². The zero-order valence-electron chi connectivity index (χ0n) is 11.9. The molecule has 1 saturated heterocycles. The Hall–Kier alpha value is -0.780. The molecule has 1 heterocycles. The van der Waals surface area contributed by atoms with Crippen LogP contribution in [0.4, 0.5) is 5.69 Å². The lowest BCUT2D eigenvalue weighted by atomic mass is 9.85. The first-order valence-electron chi connectivity index (χ1n) is 6.78. The van der Waals surface area contributed by atoms with Crippen molar-refractivity contribution in [2.24, 2.45) is 5.41 Å². The third kappa shape index (κ3) is 3.27. The van der Waals surface area contributed by atoms with Crippen LogP contribution in [0.25, 0.3) is 0 Å². The molecule has 1 aromatic carbocycles. The van der Waals surface area contributed by atoms with E-state index in [9.17, 15) is 8.42 Å². The molecule has 2 rings (SSSR count). The van der Waals surface area contributed by atoms with Gasteiger partial charge in [-0.3, -0.25) is 0 Å². The van der Waals surface area contributed by atoms with Gasteiger partial charge in [0.15, 0.2) is 0 Å². The third-order valence-electron chi connectivity index (χ3n) is 3.89. The van der Waals surface area contributed by atoms with Gasteiger partial charge in [-0.25, -0.2) is 8.42 Å². The molecule has 0 bridgehead atoms. The predicted molar refractivity (Wildman–Crippen MR) is 82.3 cm³/mol. The van der Waals surface area contributed by atoms with E-state index in [1.165, 1.54) is 12.1 Å². The number of nitrogen functional groups attached to an aromatic ring is 1. The van der Waals surface area contributed by atoms with Gasteiger partial charge in [-0.15, -0.1) is 0 Å². The van der Waals surface area contributed by atoms with Gasteiger partial charge in [0, 0.05) is 18.1 Å². The van der Waals surface area contributed by atoms with Crippen molar-refractivity contribution in [1.29, 1.82) is 0 Å². The molecule has 1 aliphatic rings. The molecule has 2 N–H and O–H groups in total. The lowest BCUT2D eigenvalue weighted by molar-refractivity contribution is 0.315. The second kappa shape index (κ2) is 5.54. The van der Waals surface area contributed by atoms with Gasteiger partial charge < -0.3 is 5.73 Å². The Labute approximate surface area is 126 Å². The van der Waals surface area contributed by atoms with E-state index in [2.05, 4.69) is 13.8 Å². The summed E-state index contributed by atoms with van der Waals surface area (Å²) in [6, 6.07) is 4.53. The van der Waals surface area contributed by atoms with Crippen LogP contribution in [0.3, 0.4) is 0 Å². The Morgan fingerprint density at radius 3 is 2.60 bits per heavy atom. The fourth-order valence-electron chi connectivity index (χ4n) is 2.53. The molecule has 0 radical (unpaired) electrons. The van der Waals surface area contributed by atoms with Crippen molar-refractivity contribution in [2.75, 3.05) is 18.8 Å². The van der Waals surface area contributed by atoms with Gasteiger partial charge in [0.05, 0.1) is 5.69 Å². The molecule has 6 heteroatoms. The molecule has 4 nitrogen and oxygen atoms in total. The molecule has 112 valence electrons. The number of hydrogen-bond acceptors (Lipinski definition) is 3. The standard InChI is InChI=1S/C14H21ClN2O2S/c1-14(2)6-3-8-17(9-7-14)20(18,19)13-5-4-11(15)10-12(13)16/h4-5,10H,3,6-9,16H2,1-2H3. The predicted octanol–water partition coefficient (Wildman–Crippen LogP) is 3.12. The molecular formula is C14H21ClN2O2S. The van der Waals surface area contributed by atoms with Gasteiger partial charge in [0.2, 0.25) is 10.0 Å². The number of benzene rings is 1. The monoisotopic (exact) mass is 316 g/mol. The van der Waals surface area contributed by atoms with Gasteiger partial charge in [0.25, 0.3) is 0 Å². The number of halogens is 1. The first-order chi connectivity index (χ1) is 9.22. The molecule has 0 unspecified atom stereocenters. The average Bonchev–Trinajstić information content (AvgIpc) is 2.50. The maximum Gasteiger partial charge on any atom is 0.245 e. The highest BCUT2D eigenvalue weighted by Gasteiger charge is 2.31. The number of anilines is 1. The molecule has 1 aliphatic heterocycles. The lowest BCUT2D eigenvalue weighted by Crippen LogP contribution is -2.33. The maximum atomic E-state index is 12.7. The van der Waals surface area contributed by atoms with Crippen LogP contribution >= 0.6 is 11.6 Å². The van der Waals surface area contributed by atoms with Crippen molar-refractivity contribution in [3.8, 4) is 0 Å². The first-order valence-corrected chi connectivity index (χ1v) is 8.59. The summed E-state index contributed by atoms with van der Waals surface area (Å²) in [5, 5.41) is 0.443.